The molecule has 0 aromatic heterocycles. The topological polar surface area (TPSA) is 80.6 Å². The number of carbonyl (C=O) groups is 2. The molecule has 32 heavy (non-hydrogen) atoms. The number of benzene rings is 1. The number of esters is 2. The Morgan fingerprint density at radius 3 is 1.62 bits per heavy atom. The standard InChI is InChI=1S/C20H26F4IN3O4/c1-7-31-17(29)19(21,22)14-9-13(25)10-15(20(23,24)18(30)32-8-2)16(14)26-27-28(11(3)4)12(5)6/h9-12H,7-8H2,1-6H3. The summed E-state index contributed by atoms with van der Waals surface area (Å²) in [5.74, 6) is -12.5. The average Bonchev–Trinajstić information content (AvgIpc) is 2.68. The molecule has 0 atom stereocenters. The molecular weight excluding hydrogens is 549 g/mol. The van der Waals surface area contributed by atoms with E-state index in [0.29, 0.717) is 0 Å². The lowest BCUT2D eigenvalue weighted by Crippen LogP contribution is -2.33. The van der Waals surface area contributed by atoms with E-state index in [1.165, 1.54) is 41.4 Å². The quantitative estimate of drug-likeness (QED) is 0.117. The number of ether oxygens (including phenoxy) is 2. The highest BCUT2D eigenvalue weighted by atomic mass is 127. The zero-order chi connectivity index (χ0) is 24.9. The molecule has 0 aliphatic carbocycles. The van der Waals surface area contributed by atoms with Crippen molar-refractivity contribution in [3.05, 3.63) is 26.8 Å². The van der Waals surface area contributed by atoms with Crippen LogP contribution >= 0.6 is 22.6 Å². The third kappa shape index (κ3) is 6.29. The summed E-state index contributed by atoms with van der Waals surface area (Å²) in [7, 11) is 0. The monoisotopic (exact) mass is 575 g/mol. The highest BCUT2D eigenvalue weighted by Gasteiger charge is 2.50. The van der Waals surface area contributed by atoms with Gasteiger partial charge in [-0.1, -0.05) is 5.22 Å². The van der Waals surface area contributed by atoms with Crippen LogP contribution in [0.25, 0.3) is 0 Å². The van der Waals surface area contributed by atoms with E-state index in [-0.39, 0.29) is 28.9 Å². The van der Waals surface area contributed by atoms with Gasteiger partial charge in [0.05, 0.1) is 24.3 Å². The van der Waals surface area contributed by atoms with Crippen molar-refractivity contribution in [3.63, 3.8) is 0 Å². The number of rotatable bonds is 10. The molecule has 0 radical (unpaired) electrons. The highest BCUT2D eigenvalue weighted by molar-refractivity contribution is 14.1. The van der Waals surface area contributed by atoms with Gasteiger partial charge < -0.3 is 9.47 Å². The van der Waals surface area contributed by atoms with E-state index in [2.05, 4.69) is 19.8 Å². The lowest BCUT2D eigenvalue weighted by molar-refractivity contribution is -0.173. The van der Waals surface area contributed by atoms with E-state index < -0.39 is 40.6 Å². The third-order valence-electron chi connectivity index (χ3n) is 4.12. The van der Waals surface area contributed by atoms with Crippen molar-refractivity contribution < 1.29 is 36.6 Å². The number of nitrogens with zero attached hydrogens (tertiary/aromatic N) is 3. The summed E-state index contributed by atoms with van der Waals surface area (Å²) in [6.45, 7) is 8.93. The second-order valence-electron chi connectivity index (χ2n) is 7.20. The van der Waals surface area contributed by atoms with Crippen molar-refractivity contribution >= 4 is 40.2 Å². The van der Waals surface area contributed by atoms with Crippen LogP contribution in [0.5, 0.6) is 0 Å². The van der Waals surface area contributed by atoms with Crippen LogP contribution in [0.1, 0.15) is 52.7 Å². The van der Waals surface area contributed by atoms with Gasteiger partial charge in [-0.2, -0.15) is 17.6 Å². The van der Waals surface area contributed by atoms with Gasteiger partial charge in [-0.3, -0.25) is 5.01 Å². The molecule has 1 aromatic carbocycles. The van der Waals surface area contributed by atoms with Crippen LogP contribution in [0.3, 0.4) is 0 Å². The normalized spacial score (nSPS) is 12.5. The maximum absolute atomic E-state index is 15.0. The summed E-state index contributed by atoms with van der Waals surface area (Å²) in [6, 6.07) is 1.16. The number of hydrogen-bond acceptors (Lipinski definition) is 6. The Balaban J connectivity index is 3.90. The van der Waals surface area contributed by atoms with Crippen LogP contribution in [0.15, 0.2) is 22.5 Å². The largest absolute Gasteiger partial charge is 0.461 e. The molecule has 180 valence electrons. The molecule has 1 aromatic rings. The predicted octanol–water partition coefficient (Wildman–Crippen LogP) is 5.72. The minimum Gasteiger partial charge on any atom is -0.461 e. The first-order valence-electron chi connectivity index (χ1n) is 9.86. The number of hydrogen-bond donors (Lipinski definition) is 0. The molecule has 0 N–H and O–H groups in total. The SMILES string of the molecule is CCOC(=O)C(F)(F)c1cc(I)cc(C(F)(F)C(=O)OCC)c1N=NN(C(C)C)C(C)C. The maximum Gasteiger partial charge on any atom is 0.382 e. The van der Waals surface area contributed by atoms with Gasteiger partial charge in [0.25, 0.3) is 0 Å². The lowest BCUT2D eigenvalue weighted by atomic mass is 9.98. The molecule has 12 heteroatoms. The number of halogens is 5. The van der Waals surface area contributed by atoms with E-state index in [0.717, 1.165) is 12.1 Å². The molecule has 0 aliphatic rings. The summed E-state index contributed by atoms with van der Waals surface area (Å²) in [6.07, 6.45) is 0. The van der Waals surface area contributed by atoms with E-state index in [1.54, 1.807) is 27.7 Å². The second kappa shape index (κ2) is 11.2. The fourth-order valence-electron chi connectivity index (χ4n) is 2.75. The fourth-order valence-corrected chi connectivity index (χ4v) is 3.37. The van der Waals surface area contributed by atoms with Crippen LogP contribution in [-0.4, -0.2) is 42.2 Å². The summed E-state index contributed by atoms with van der Waals surface area (Å²) >= 11 is 1.53. The van der Waals surface area contributed by atoms with Crippen molar-refractivity contribution in [3.8, 4) is 0 Å². The Morgan fingerprint density at radius 2 is 1.31 bits per heavy atom. The van der Waals surface area contributed by atoms with Gasteiger partial charge in [0.1, 0.15) is 5.69 Å². The zero-order valence-electron chi connectivity index (χ0n) is 18.6. The van der Waals surface area contributed by atoms with Gasteiger partial charge in [0, 0.05) is 15.7 Å². The fraction of sp³-hybridized carbons (Fsp3) is 0.600. The molecule has 7 nitrogen and oxygen atoms in total. The number of alkyl halides is 4. The maximum atomic E-state index is 15.0. The predicted molar refractivity (Wildman–Crippen MR) is 117 cm³/mol. The van der Waals surface area contributed by atoms with Crippen LogP contribution in [0.4, 0.5) is 23.2 Å². The first-order chi connectivity index (χ1) is 14.7. The molecule has 0 heterocycles. The molecule has 0 saturated heterocycles. The first kappa shape index (κ1) is 28.0. The highest BCUT2D eigenvalue weighted by Crippen LogP contribution is 2.45. The minimum absolute atomic E-state index is 0.0796. The van der Waals surface area contributed by atoms with Crippen molar-refractivity contribution in [1.82, 2.24) is 5.01 Å². The van der Waals surface area contributed by atoms with E-state index in [4.69, 9.17) is 0 Å². The molecular formula is C20H26F4IN3O4. The Bertz CT molecular complexity index is 804. The van der Waals surface area contributed by atoms with E-state index in [1.807, 2.05) is 0 Å². The van der Waals surface area contributed by atoms with Crippen molar-refractivity contribution in [2.45, 2.75) is 65.5 Å². The average molecular weight is 575 g/mol. The molecule has 0 unspecified atom stereocenters. The van der Waals surface area contributed by atoms with Gasteiger partial charge in [0.2, 0.25) is 0 Å². The van der Waals surface area contributed by atoms with Crippen LogP contribution < -0.4 is 0 Å². The van der Waals surface area contributed by atoms with Crippen LogP contribution in [0.2, 0.25) is 0 Å². The van der Waals surface area contributed by atoms with Crippen LogP contribution in [-0.2, 0) is 30.9 Å². The van der Waals surface area contributed by atoms with Gasteiger partial charge in [-0.25, -0.2) is 9.59 Å². The summed E-state index contributed by atoms with van der Waals surface area (Å²) in [5.41, 5.74) is -3.32. The molecule has 0 fully saturated rings. The van der Waals surface area contributed by atoms with Crippen molar-refractivity contribution in [1.29, 1.82) is 0 Å². The van der Waals surface area contributed by atoms with Gasteiger partial charge in [0.15, 0.2) is 0 Å². The molecule has 1 rings (SSSR count). The van der Waals surface area contributed by atoms with Crippen LogP contribution in [0, 0.1) is 3.57 Å². The summed E-state index contributed by atoms with van der Waals surface area (Å²) < 4.78 is 68.7. The van der Waals surface area contributed by atoms with Gasteiger partial charge in [-0.05, 0) is 76.3 Å². The molecule has 0 aliphatic heterocycles. The number of carbonyl (C=O) groups excluding carboxylic acids is 2. The first-order valence-corrected chi connectivity index (χ1v) is 10.9. The zero-order valence-corrected chi connectivity index (χ0v) is 20.7. The van der Waals surface area contributed by atoms with Crippen molar-refractivity contribution in [2.75, 3.05) is 13.2 Å². The Morgan fingerprint density at radius 1 is 0.938 bits per heavy atom. The van der Waals surface area contributed by atoms with E-state index >= 15 is 0 Å². The van der Waals surface area contributed by atoms with E-state index in [9.17, 15) is 27.2 Å². The second-order valence-corrected chi connectivity index (χ2v) is 8.44. The third-order valence-corrected chi connectivity index (χ3v) is 4.74. The Hall–Kier alpha value is -1.99. The Labute approximate surface area is 197 Å². The molecule has 0 saturated carbocycles. The smallest absolute Gasteiger partial charge is 0.382 e. The molecule has 0 spiro atoms. The minimum atomic E-state index is -4.33. The summed E-state index contributed by atoms with van der Waals surface area (Å²) in [5, 5.41) is 8.95. The lowest BCUT2D eigenvalue weighted by Gasteiger charge is -2.27. The van der Waals surface area contributed by atoms with Gasteiger partial charge >= 0.3 is 23.8 Å². The Kier molecular flexibility index (Phi) is 9.85. The van der Waals surface area contributed by atoms with Crippen molar-refractivity contribution in [2.24, 2.45) is 10.3 Å². The molecule has 0 bridgehead atoms. The summed E-state index contributed by atoms with van der Waals surface area (Å²) in [4.78, 5) is 23.9. The van der Waals surface area contributed by atoms with Gasteiger partial charge in [-0.15, -0.1) is 5.11 Å². The molecule has 0 amide bonds.